The average molecular weight is 401 g/mol. The minimum atomic E-state index is -0.191. The number of hydrogen-bond acceptors (Lipinski definition) is 3. The third kappa shape index (κ3) is 3.71. The lowest BCUT2D eigenvalue weighted by atomic mass is 10.00. The Balaban J connectivity index is 1.45. The standard InChI is InChI=1S/C21H21ClN2O2S/c22-18-8-6-17(7-9-18)20(26)23-12-10-21(11-13-23)24(19(25)15-27-21)14-16-4-2-1-3-5-16/h1-9H,10-15H2. The van der Waals surface area contributed by atoms with Crippen LogP contribution < -0.4 is 0 Å². The fourth-order valence-corrected chi connectivity index (χ4v) is 5.29. The number of carbonyl (C=O) groups is 2. The molecule has 2 amide bonds. The summed E-state index contributed by atoms with van der Waals surface area (Å²) in [6.07, 6.45) is 1.60. The van der Waals surface area contributed by atoms with Crippen LogP contribution in [0.5, 0.6) is 0 Å². The molecule has 0 atom stereocenters. The first kappa shape index (κ1) is 18.4. The van der Waals surface area contributed by atoms with Gasteiger partial charge in [0.25, 0.3) is 5.91 Å². The van der Waals surface area contributed by atoms with Gasteiger partial charge in [0, 0.05) is 30.2 Å². The smallest absolute Gasteiger partial charge is 0.253 e. The molecule has 0 bridgehead atoms. The predicted octanol–water partition coefficient (Wildman–Crippen LogP) is 4.05. The summed E-state index contributed by atoms with van der Waals surface area (Å²) >= 11 is 7.65. The molecule has 0 aromatic heterocycles. The van der Waals surface area contributed by atoms with Crippen LogP contribution in [0.4, 0.5) is 0 Å². The zero-order chi connectivity index (χ0) is 18.9. The van der Waals surface area contributed by atoms with E-state index >= 15 is 0 Å². The first-order chi connectivity index (χ1) is 13.1. The molecule has 2 aromatic rings. The Morgan fingerprint density at radius 1 is 1.04 bits per heavy atom. The second-order valence-electron chi connectivity index (χ2n) is 7.00. The van der Waals surface area contributed by atoms with Gasteiger partial charge in [0.15, 0.2) is 0 Å². The van der Waals surface area contributed by atoms with E-state index in [0.717, 1.165) is 18.4 Å². The molecule has 4 nitrogen and oxygen atoms in total. The third-order valence-corrected chi connectivity index (χ3v) is 7.17. The van der Waals surface area contributed by atoms with Crippen LogP contribution in [0, 0.1) is 0 Å². The highest BCUT2D eigenvalue weighted by molar-refractivity contribution is 8.01. The maximum absolute atomic E-state index is 12.7. The monoisotopic (exact) mass is 400 g/mol. The molecule has 6 heteroatoms. The Labute approximate surface area is 168 Å². The largest absolute Gasteiger partial charge is 0.338 e. The van der Waals surface area contributed by atoms with E-state index in [4.69, 9.17) is 11.6 Å². The maximum Gasteiger partial charge on any atom is 0.253 e. The molecule has 0 saturated carbocycles. The van der Waals surface area contributed by atoms with Crippen molar-refractivity contribution in [2.75, 3.05) is 18.8 Å². The minimum Gasteiger partial charge on any atom is -0.338 e. The Hall–Kier alpha value is -1.98. The summed E-state index contributed by atoms with van der Waals surface area (Å²) in [5, 5.41) is 0.626. The summed E-state index contributed by atoms with van der Waals surface area (Å²) < 4.78 is 0. The molecule has 2 heterocycles. The zero-order valence-corrected chi connectivity index (χ0v) is 16.5. The van der Waals surface area contributed by atoms with Gasteiger partial charge in [-0.2, -0.15) is 0 Å². The quantitative estimate of drug-likeness (QED) is 0.780. The molecule has 2 saturated heterocycles. The number of halogens is 1. The molecule has 0 radical (unpaired) electrons. The first-order valence-corrected chi connectivity index (χ1v) is 10.5. The molecule has 27 heavy (non-hydrogen) atoms. The van der Waals surface area contributed by atoms with Crippen LogP contribution in [0.3, 0.4) is 0 Å². The molecule has 0 aliphatic carbocycles. The second-order valence-corrected chi connectivity index (χ2v) is 8.77. The van der Waals surface area contributed by atoms with Crippen LogP contribution >= 0.6 is 23.4 Å². The van der Waals surface area contributed by atoms with Crippen molar-refractivity contribution in [1.29, 1.82) is 0 Å². The van der Waals surface area contributed by atoms with Crippen molar-refractivity contribution < 1.29 is 9.59 Å². The van der Waals surface area contributed by atoms with Crippen molar-refractivity contribution in [2.45, 2.75) is 24.3 Å². The lowest BCUT2D eigenvalue weighted by molar-refractivity contribution is -0.131. The predicted molar refractivity (Wildman–Crippen MR) is 109 cm³/mol. The van der Waals surface area contributed by atoms with Crippen LogP contribution in [0.25, 0.3) is 0 Å². The molecule has 2 fully saturated rings. The third-order valence-electron chi connectivity index (χ3n) is 5.36. The van der Waals surface area contributed by atoms with Gasteiger partial charge >= 0.3 is 0 Å². The molecule has 0 unspecified atom stereocenters. The van der Waals surface area contributed by atoms with E-state index in [9.17, 15) is 9.59 Å². The summed E-state index contributed by atoms with van der Waals surface area (Å²) in [7, 11) is 0. The van der Waals surface area contributed by atoms with E-state index in [1.165, 1.54) is 0 Å². The topological polar surface area (TPSA) is 40.6 Å². The summed E-state index contributed by atoms with van der Waals surface area (Å²) in [6, 6.07) is 17.1. The van der Waals surface area contributed by atoms with Crippen molar-refractivity contribution in [3.05, 3.63) is 70.7 Å². The normalized spacial score (nSPS) is 18.9. The van der Waals surface area contributed by atoms with Crippen LogP contribution in [0.15, 0.2) is 54.6 Å². The van der Waals surface area contributed by atoms with Crippen molar-refractivity contribution in [3.63, 3.8) is 0 Å². The summed E-state index contributed by atoms with van der Waals surface area (Å²) in [6.45, 7) is 1.96. The van der Waals surface area contributed by atoms with E-state index in [0.29, 0.717) is 36.0 Å². The Morgan fingerprint density at radius 3 is 2.37 bits per heavy atom. The van der Waals surface area contributed by atoms with Gasteiger partial charge in [-0.15, -0.1) is 11.8 Å². The molecule has 2 aliphatic heterocycles. The van der Waals surface area contributed by atoms with Gasteiger partial charge in [-0.3, -0.25) is 9.59 Å². The van der Waals surface area contributed by atoms with Gasteiger partial charge < -0.3 is 9.80 Å². The van der Waals surface area contributed by atoms with Crippen molar-refractivity contribution >= 4 is 35.2 Å². The highest BCUT2D eigenvalue weighted by Crippen LogP contribution is 2.45. The molecule has 2 aromatic carbocycles. The number of benzene rings is 2. The van der Waals surface area contributed by atoms with E-state index in [1.54, 1.807) is 36.0 Å². The lowest BCUT2D eigenvalue weighted by Gasteiger charge is -2.44. The second kappa shape index (κ2) is 7.56. The number of thioether (sulfide) groups is 1. The summed E-state index contributed by atoms with van der Waals surface area (Å²) in [5.74, 6) is 0.754. The lowest BCUT2D eigenvalue weighted by Crippen LogP contribution is -2.52. The number of rotatable bonds is 3. The van der Waals surface area contributed by atoms with Crippen LogP contribution in [-0.4, -0.2) is 45.3 Å². The molecule has 140 valence electrons. The maximum atomic E-state index is 12.7. The Bertz CT molecular complexity index is 833. The Kier molecular flexibility index (Phi) is 5.15. The Morgan fingerprint density at radius 2 is 1.70 bits per heavy atom. The zero-order valence-electron chi connectivity index (χ0n) is 14.9. The van der Waals surface area contributed by atoms with Gasteiger partial charge in [-0.25, -0.2) is 0 Å². The number of nitrogens with zero attached hydrogens (tertiary/aromatic N) is 2. The summed E-state index contributed by atoms with van der Waals surface area (Å²) in [5.41, 5.74) is 1.80. The van der Waals surface area contributed by atoms with E-state index in [-0.39, 0.29) is 16.7 Å². The molecule has 1 spiro atoms. The van der Waals surface area contributed by atoms with E-state index in [1.807, 2.05) is 28.0 Å². The number of likely N-dealkylation sites (tertiary alicyclic amines) is 1. The molecular formula is C21H21ClN2O2S. The van der Waals surface area contributed by atoms with E-state index in [2.05, 4.69) is 12.1 Å². The highest BCUT2D eigenvalue weighted by atomic mass is 35.5. The molecule has 2 aliphatic rings. The fourth-order valence-electron chi connectivity index (χ4n) is 3.83. The number of amides is 2. The van der Waals surface area contributed by atoms with Crippen LogP contribution in [-0.2, 0) is 11.3 Å². The van der Waals surface area contributed by atoms with Gasteiger partial charge in [0.2, 0.25) is 5.91 Å². The summed E-state index contributed by atoms with van der Waals surface area (Å²) in [4.78, 5) is 29.0. The molecule has 0 N–H and O–H groups in total. The number of piperidine rings is 1. The molecule has 4 rings (SSSR count). The van der Waals surface area contributed by atoms with Gasteiger partial charge in [-0.05, 0) is 42.7 Å². The van der Waals surface area contributed by atoms with Crippen LogP contribution in [0.1, 0.15) is 28.8 Å². The van der Waals surface area contributed by atoms with Gasteiger partial charge in [0.05, 0.1) is 10.6 Å². The SMILES string of the molecule is O=C(c1ccc(Cl)cc1)N1CCC2(CC1)SCC(=O)N2Cc1ccccc1. The van der Waals surface area contributed by atoms with Crippen molar-refractivity contribution in [1.82, 2.24) is 9.80 Å². The fraction of sp³-hybridized carbons (Fsp3) is 0.333. The first-order valence-electron chi connectivity index (χ1n) is 9.11. The minimum absolute atomic E-state index is 0.0328. The van der Waals surface area contributed by atoms with Gasteiger partial charge in [-0.1, -0.05) is 41.9 Å². The van der Waals surface area contributed by atoms with Gasteiger partial charge in [0.1, 0.15) is 0 Å². The van der Waals surface area contributed by atoms with E-state index < -0.39 is 0 Å². The van der Waals surface area contributed by atoms with Crippen LogP contribution in [0.2, 0.25) is 5.02 Å². The molecular weight excluding hydrogens is 380 g/mol. The van der Waals surface area contributed by atoms with Crippen molar-refractivity contribution in [2.24, 2.45) is 0 Å². The van der Waals surface area contributed by atoms with Crippen molar-refractivity contribution in [3.8, 4) is 0 Å². The average Bonchev–Trinajstić information content (AvgIpc) is 2.99. The highest BCUT2D eigenvalue weighted by Gasteiger charge is 2.48. The number of hydrogen-bond donors (Lipinski definition) is 0. The number of carbonyl (C=O) groups excluding carboxylic acids is 2.